The monoisotopic (exact) mass is 577 g/mol. The number of carbonyl (C=O) groups excluding carboxylic acids is 3. The number of rotatable bonds is 5. The van der Waals surface area contributed by atoms with Gasteiger partial charge in [-0.25, -0.2) is 5.01 Å². The molecule has 0 spiro atoms. The first-order valence-corrected chi connectivity index (χ1v) is 13.3. The molecule has 1 saturated heterocycles. The number of nitrogens with zero attached hydrogens (tertiary/aromatic N) is 2. The second-order valence-electron chi connectivity index (χ2n) is 8.80. The molecule has 3 aliphatic rings. The number of halogens is 1. The molecule has 3 aromatic rings. The number of hydrazone groups is 1. The summed E-state index contributed by atoms with van der Waals surface area (Å²) in [6.45, 7) is 0. The van der Waals surface area contributed by atoms with E-state index in [1.54, 1.807) is 12.1 Å². The molecule has 0 radical (unpaired) electrons. The predicted molar refractivity (Wildman–Crippen MR) is 141 cm³/mol. The molecule has 3 heterocycles. The fraction of sp³-hybridized carbons (Fsp3) is 0.185. The zero-order valence-corrected chi connectivity index (χ0v) is 21.7. The summed E-state index contributed by atoms with van der Waals surface area (Å²) in [5.74, 6) is 0.0892. The summed E-state index contributed by atoms with van der Waals surface area (Å²) < 4.78 is 12.8. The van der Waals surface area contributed by atoms with Crippen molar-refractivity contribution < 1.29 is 23.9 Å². The van der Waals surface area contributed by atoms with Crippen LogP contribution in [0.1, 0.15) is 41.8 Å². The van der Waals surface area contributed by atoms with E-state index in [0.29, 0.717) is 5.75 Å². The van der Waals surface area contributed by atoms with Crippen molar-refractivity contribution in [3.8, 4) is 11.5 Å². The van der Waals surface area contributed by atoms with Crippen LogP contribution in [-0.4, -0.2) is 33.1 Å². The van der Waals surface area contributed by atoms with E-state index in [-0.39, 0.29) is 12.5 Å². The van der Waals surface area contributed by atoms with Crippen LogP contribution in [0.4, 0.5) is 4.79 Å². The number of amides is 2. The second-order valence-corrected chi connectivity index (χ2v) is 10.9. The Morgan fingerprint density at radius 1 is 1.11 bits per heavy atom. The van der Waals surface area contributed by atoms with Gasteiger partial charge in [0.1, 0.15) is 16.7 Å². The molecule has 0 bridgehead atoms. The molecule has 3 aliphatic heterocycles. The third kappa shape index (κ3) is 4.74. The number of thioether (sulfide) groups is 1. The number of esters is 1. The Morgan fingerprint density at radius 3 is 2.62 bits per heavy atom. The molecule has 6 rings (SSSR count). The molecule has 10 heteroatoms. The second kappa shape index (κ2) is 9.68. The maximum Gasteiger partial charge on any atom is 0.312 e. The van der Waals surface area contributed by atoms with E-state index in [1.807, 2.05) is 47.5 Å². The summed E-state index contributed by atoms with van der Waals surface area (Å²) >= 11 is 4.37. The van der Waals surface area contributed by atoms with Crippen molar-refractivity contribution in [2.75, 3.05) is 0 Å². The van der Waals surface area contributed by atoms with Gasteiger partial charge in [0, 0.05) is 22.0 Å². The molecular formula is C27H20BrN3O5S. The first-order chi connectivity index (χ1) is 17.9. The van der Waals surface area contributed by atoms with Crippen LogP contribution in [-0.2, 0) is 9.59 Å². The van der Waals surface area contributed by atoms with Crippen LogP contribution in [0.5, 0.6) is 11.5 Å². The van der Waals surface area contributed by atoms with Gasteiger partial charge >= 0.3 is 5.97 Å². The Morgan fingerprint density at radius 2 is 1.89 bits per heavy atom. The van der Waals surface area contributed by atoms with Gasteiger partial charge in [-0.3, -0.25) is 19.7 Å². The highest BCUT2D eigenvalue weighted by atomic mass is 79.9. The molecule has 8 nitrogen and oxygen atoms in total. The Bertz CT molecular complexity index is 1430. The summed E-state index contributed by atoms with van der Waals surface area (Å²) in [4.78, 5) is 35.3. The Labute approximate surface area is 225 Å². The predicted octanol–water partition coefficient (Wildman–Crippen LogP) is 5.34. The molecule has 0 saturated carbocycles. The van der Waals surface area contributed by atoms with Gasteiger partial charge in [0.15, 0.2) is 0 Å². The van der Waals surface area contributed by atoms with Crippen molar-refractivity contribution in [3.05, 3.63) is 94.0 Å². The summed E-state index contributed by atoms with van der Waals surface area (Å²) in [6.07, 6.45) is 0.0986. The minimum Gasteiger partial charge on any atom is -0.464 e. The van der Waals surface area contributed by atoms with Crippen molar-refractivity contribution in [1.29, 1.82) is 0 Å². The number of hydrogen-bond acceptors (Lipinski definition) is 8. The van der Waals surface area contributed by atoms with Gasteiger partial charge in [0.05, 0.1) is 18.2 Å². The zero-order chi connectivity index (χ0) is 25.5. The SMILES string of the molecule is O=C(C[C@H]1SC(=O)NC1=O)Oc1ccc([C@H]2Oc3ccc(Br)cc3[C@H]3CC(c4ccccc4)=NN32)cc1. The Balaban J connectivity index is 1.23. The first-order valence-electron chi connectivity index (χ1n) is 11.6. The smallest absolute Gasteiger partial charge is 0.312 e. The van der Waals surface area contributed by atoms with Gasteiger partial charge in [-0.1, -0.05) is 58.0 Å². The van der Waals surface area contributed by atoms with E-state index in [9.17, 15) is 14.4 Å². The number of nitrogens with one attached hydrogen (secondary N) is 1. The summed E-state index contributed by atoms with van der Waals surface area (Å²) in [5.41, 5.74) is 3.99. The number of imide groups is 1. The molecule has 2 amide bonds. The van der Waals surface area contributed by atoms with E-state index < -0.39 is 28.6 Å². The molecule has 3 aromatic carbocycles. The maximum absolute atomic E-state index is 12.3. The van der Waals surface area contributed by atoms with Crippen LogP contribution in [0.25, 0.3) is 0 Å². The van der Waals surface area contributed by atoms with Gasteiger partial charge < -0.3 is 9.47 Å². The van der Waals surface area contributed by atoms with Crippen molar-refractivity contribution in [2.24, 2.45) is 5.10 Å². The lowest BCUT2D eigenvalue weighted by Crippen LogP contribution is -2.33. The van der Waals surface area contributed by atoms with Crippen LogP contribution in [0.3, 0.4) is 0 Å². The lowest BCUT2D eigenvalue weighted by Gasteiger charge is -2.38. The fourth-order valence-corrected chi connectivity index (χ4v) is 5.82. The molecule has 0 aliphatic carbocycles. The molecular weight excluding hydrogens is 558 g/mol. The standard InChI is InChI=1S/C27H20BrN3O5S/c28-17-8-11-22-19(12-17)21-13-20(15-4-2-1-3-5-15)30-31(21)26(36-22)16-6-9-18(10-7-16)35-24(32)14-23-25(33)29-27(34)37-23/h1-12,21,23,26H,13-14H2,(H,29,33,34)/t21-,23-,26-/m1/s1. The number of carbonyl (C=O) groups is 3. The molecule has 1 N–H and O–H groups in total. The van der Waals surface area contributed by atoms with Gasteiger partial charge in [0.2, 0.25) is 12.1 Å². The molecule has 0 unspecified atom stereocenters. The zero-order valence-electron chi connectivity index (χ0n) is 19.3. The number of hydrogen-bond donors (Lipinski definition) is 1. The first kappa shape index (κ1) is 23.7. The minimum absolute atomic E-state index is 0.0109. The lowest BCUT2D eigenvalue weighted by molar-refractivity contribution is -0.135. The lowest BCUT2D eigenvalue weighted by atomic mass is 9.96. The average Bonchev–Trinajstić information content (AvgIpc) is 3.48. The molecule has 1 fully saturated rings. The van der Waals surface area contributed by atoms with E-state index >= 15 is 0 Å². The van der Waals surface area contributed by atoms with Crippen LogP contribution in [0.2, 0.25) is 0 Å². The van der Waals surface area contributed by atoms with Crippen molar-refractivity contribution in [3.63, 3.8) is 0 Å². The van der Waals surface area contributed by atoms with Crippen LogP contribution >= 0.6 is 27.7 Å². The van der Waals surface area contributed by atoms with Crippen LogP contribution < -0.4 is 14.8 Å². The Hall–Kier alpha value is -3.63. The van der Waals surface area contributed by atoms with Gasteiger partial charge in [-0.05, 0) is 48.0 Å². The van der Waals surface area contributed by atoms with E-state index in [1.165, 1.54) is 0 Å². The normalized spacial score (nSPS) is 22.0. The highest BCUT2D eigenvalue weighted by Gasteiger charge is 2.41. The Kier molecular flexibility index (Phi) is 6.21. The van der Waals surface area contributed by atoms with E-state index in [2.05, 4.69) is 39.4 Å². The van der Waals surface area contributed by atoms with Gasteiger partial charge in [0.25, 0.3) is 5.24 Å². The van der Waals surface area contributed by atoms with Crippen LogP contribution in [0, 0.1) is 0 Å². The molecule has 186 valence electrons. The quantitative estimate of drug-likeness (QED) is 0.323. The summed E-state index contributed by atoms with van der Waals surface area (Å²) in [7, 11) is 0. The summed E-state index contributed by atoms with van der Waals surface area (Å²) in [6, 6.07) is 23.2. The number of fused-ring (bicyclic) bond motifs is 3. The largest absolute Gasteiger partial charge is 0.464 e. The van der Waals surface area contributed by atoms with Gasteiger partial charge in [-0.15, -0.1) is 0 Å². The van der Waals surface area contributed by atoms with E-state index in [4.69, 9.17) is 14.6 Å². The molecule has 0 aromatic heterocycles. The van der Waals surface area contributed by atoms with Gasteiger partial charge in [-0.2, -0.15) is 5.10 Å². The van der Waals surface area contributed by atoms with Crippen molar-refractivity contribution >= 4 is 50.5 Å². The third-order valence-electron chi connectivity index (χ3n) is 6.37. The average molecular weight is 578 g/mol. The van der Waals surface area contributed by atoms with E-state index in [0.717, 1.165) is 50.8 Å². The van der Waals surface area contributed by atoms with Crippen molar-refractivity contribution in [2.45, 2.75) is 30.4 Å². The third-order valence-corrected chi connectivity index (χ3v) is 7.85. The highest BCUT2D eigenvalue weighted by molar-refractivity contribution is 9.10. The summed E-state index contributed by atoms with van der Waals surface area (Å²) in [5, 5.41) is 7.91. The number of ether oxygens (including phenoxy) is 2. The maximum atomic E-state index is 12.3. The van der Waals surface area contributed by atoms with Crippen molar-refractivity contribution in [1.82, 2.24) is 10.3 Å². The minimum atomic E-state index is -0.765. The molecule has 37 heavy (non-hydrogen) atoms. The van der Waals surface area contributed by atoms with Crippen LogP contribution in [0.15, 0.2) is 82.4 Å². The molecule has 3 atom stereocenters. The topological polar surface area (TPSA) is 97.3 Å². The number of benzene rings is 3. The highest BCUT2D eigenvalue weighted by Crippen LogP contribution is 2.48. The fourth-order valence-electron chi connectivity index (χ4n) is 4.64.